The molecule has 1 rings (SSSR count). The van der Waals surface area contributed by atoms with Crippen molar-refractivity contribution in [1.29, 1.82) is 0 Å². The first kappa shape index (κ1) is 6.43. The van der Waals surface area contributed by atoms with Crippen molar-refractivity contribution in [2.45, 2.75) is 25.3 Å². The number of nitrogens with zero attached hydrogens (tertiary/aromatic N) is 1. The van der Waals surface area contributed by atoms with Crippen LogP contribution < -0.4 is 0 Å². The molecule has 0 unspecified atom stereocenters. The summed E-state index contributed by atoms with van der Waals surface area (Å²) in [6, 6.07) is 0.854. The zero-order chi connectivity index (χ0) is 5.98. The zero-order valence-electron chi connectivity index (χ0n) is 5.30. The van der Waals surface area contributed by atoms with E-state index in [2.05, 4.69) is 24.6 Å². The van der Waals surface area contributed by atoms with Crippen LogP contribution in [0.4, 0.5) is 0 Å². The molecular formula is C6H13NS. The summed E-state index contributed by atoms with van der Waals surface area (Å²) in [6.07, 6.45) is 4.19. The second-order valence-electron chi connectivity index (χ2n) is 2.48. The summed E-state index contributed by atoms with van der Waals surface area (Å²) in [6.45, 7) is 0. The Balaban J connectivity index is 2.13. The van der Waals surface area contributed by atoms with Gasteiger partial charge in [0, 0.05) is 11.9 Å². The highest BCUT2D eigenvalue weighted by Gasteiger charge is 2.20. The lowest BCUT2D eigenvalue weighted by molar-refractivity contribution is 0.186. The van der Waals surface area contributed by atoms with E-state index in [0.717, 1.165) is 11.9 Å². The molecule has 48 valence electrons. The largest absolute Gasteiger partial charge is 0.294 e. The highest BCUT2D eigenvalue weighted by atomic mass is 32.1. The van der Waals surface area contributed by atoms with E-state index in [1.807, 2.05) is 0 Å². The van der Waals surface area contributed by atoms with E-state index in [1.165, 1.54) is 19.3 Å². The van der Waals surface area contributed by atoms with Crippen LogP contribution in [0, 0.1) is 0 Å². The van der Waals surface area contributed by atoms with E-state index in [4.69, 9.17) is 0 Å². The average Bonchev–Trinajstić information content (AvgIpc) is 1.62. The molecule has 0 amide bonds. The first-order chi connectivity index (χ1) is 3.84. The first-order valence-corrected chi connectivity index (χ1v) is 3.79. The summed E-state index contributed by atoms with van der Waals surface area (Å²) >= 11 is 4.17. The quantitative estimate of drug-likeness (QED) is 0.437. The van der Waals surface area contributed by atoms with Crippen LogP contribution in [0.1, 0.15) is 19.3 Å². The monoisotopic (exact) mass is 131 g/mol. The fourth-order valence-corrected chi connectivity index (χ4v) is 1.17. The van der Waals surface area contributed by atoms with Crippen molar-refractivity contribution in [2.24, 2.45) is 0 Å². The maximum atomic E-state index is 4.17. The van der Waals surface area contributed by atoms with Gasteiger partial charge in [0.2, 0.25) is 0 Å². The van der Waals surface area contributed by atoms with Gasteiger partial charge in [0.05, 0.1) is 0 Å². The van der Waals surface area contributed by atoms with Crippen LogP contribution in [0.3, 0.4) is 0 Å². The van der Waals surface area contributed by atoms with Crippen LogP contribution in [-0.4, -0.2) is 23.9 Å². The predicted molar refractivity (Wildman–Crippen MR) is 39.3 cm³/mol. The van der Waals surface area contributed by atoms with Crippen LogP contribution in [0.2, 0.25) is 0 Å². The lowest BCUT2D eigenvalue weighted by atomic mass is 9.92. The summed E-state index contributed by atoms with van der Waals surface area (Å²) in [5.74, 6) is 0.907. The molecule has 2 heteroatoms. The van der Waals surface area contributed by atoms with Gasteiger partial charge in [-0.05, 0) is 19.9 Å². The number of hydrogen-bond donors (Lipinski definition) is 1. The summed E-state index contributed by atoms with van der Waals surface area (Å²) in [5, 5.41) is 0. The van der Waals surface area contributed by atoms with Gasteiger partial charge in [-0.25, -0.2) is 0 Å². The van der Waals surface area contributed by atoms with Crippen molar-refractivity contribution in [3.63, 3.8) is 0 Å². The van der Waals surface area contributed by atoms with Gasteiger partial charge >= 0.3 is 0 Å². The highest BCUT2D eigenvalue weighted by Crippen LogP contribution is 2.23. The Hall–Kier alpha value is 0.310. The van der Waals surface area contributed by atoms with Crippen molar-refractivity contribution >= 4 is 12.6 Å². The molecule has 1 nitrogen and oxygen atoms in total. The Morgan fingerprint density at radius 2 is 2.25 bits per heavy atom. The van der Waals surface area contributed by atoms with Gasteiger partial charge in [-0.15, -0.1) is 0 Å². The molecule has 0 radical (unpaired) electrons. The lowest BCUT2D eigenvalue weighted by Gasteiger charge is -2.33. The second kappa shape index (κ2) is 2.74. The van der Waals surface area contributed by atoms with Gasteiger partial charge in [-0.2, -0.15) is 12.6 Å². The zero-order valence-corrected chi connectivity index (χ0v) is 6.19. The molecule has 0 aromatic heterocycles. The van der Waals surface area contributed by atoms with Gasteiger partial charge in [0.25, 0.3) is 0 Å². The Bertz CT molecular complexity index is 68.2. The predicted octanol–water partition coefficient (Wildman–Crippen LogP) is 1.36. The molecule has 0 N–H and O–H groups in total. The Kier molecular flexibility index (Phi) is 2.20. The fourth-order valence-electron chi connectivity index (χ4n) is 0.943. The van der Waals surface area contributed by atoms with E-state index < -0.39 is 0 Å². The molecule has 1 saturated carbocycles. The minimum Gasteiger partial charge on any atom is -0.294 e. The third-order valence-electron chi connectivity index (χ3n) is 1.92. The smallest absolute Gasteiger partial charge is 0.0414 e. The van der Waals surface area contributed by atoms with Gasteiger partial charge in [-0.3, -0.25) is 4.90 Å². The molecule has 0 heterocycles. The molecule has 0 atom stereocenters. The van der Waals surface area contributed by atoms with Crippen molar-refractivity contribution in [2.75, 3.05) is 12.9 Å². The second-order valence-corrected chi connectivity index (χ2v) is 2.77. The van der Waals surface area contributed by atoms with E-state index in [0.29, 0.717) is 0 Å². The number of thiol groups is 1. The standard InChI is InChI=1S/C6H13NS/c1-7(5-8)6-3-2-4-6/h6,8H,2-5H2,1H3. The Morgan fingerprint density at radius 3 is 2.38 bits per heavy atom. The average molecular weight is 131 g/mol. The molecule has 1 aliphatic carbocycles. The van der Waals surface area contributed by atoms with Crippen molar-refractivity contribution in [1.82, 2.24) is 4.90 Å². The third-order valence-corrected chi connectivity index (χ3v) is 2.37. The molecule has 1 aliphatic rings. The minimum atomic E-state index is 0.854. The molecule has 0 aliphatic heterocycles. The molecule has 0 saturated heterocycles. The SMILES string of the molecule is CN(CS)C1CCC1. The molecule has 0 spiro atoms. The molecule has 1 fully saturated rings. The number of rotatable bonds is 2. The van der Waals surface area contributed by atoms with Crippen LogP contribution >= 0.6 is 12.6 Å². The summed E-state index contributed by atoms with van der Waals surface area (Å²) in [4.78, 5) is 2.30. The molecule has 0 aromatic carbocycles. The maximum Gasteiger partial charge on any atom is 0.0414 e. The molecule has 0 bridgehead atoms. The van der Waals surface area contributed by atoms with Crippen LogP contribution in [0.15, 0.2) is 0 Å². The Labute approximate surface area is 56.5 Å². The van der Waals surface area contributed by atoms with Crippen molar-refractivity contribution in [3.05, 3.63) is 0 Å². The third kappa shape index (κ3) is 1.17. The maximum absolute atomic E-state index is 4.17. The summed E-state index contributed by atoms with van der Waals surface area (Å²) in [7, 11) is 2.14. The lowest BCUT2D eigenvalue weighted by Crippen LogP contribution is -2.36. The molecule has 0 aromatic rings. The highest BCUT2D eigenvalue weighted by molar-refractivity contribution is 7.80. The van der Waals surface area contributed by atoms with Crippen molar-refractivity contribution < 1.29 is 0 Å². The summed E-state index contributed by atoms with van der Waals surface area (Å²) in [5.41, 5.74) is 0. The van der Waals surface area contributed by atoms with E-state index in [-0.39, 0.29) is 0 Å². The van der Waals surface area contributed by atoms with E-state index in [1.54, 1.807) is 0 Å². The van der Waals surface area contributed by atoms with Gasteiger partial charge < -0.3 is 0 Å². The van der Waals surface area contributed by atoms with Crippen LogP contribution in [0.25, 0.3) is 0 Å². The van der Waals surface area contributed by atoms with E-state index in [9.17, 15) is 0 Å². The van der Waals surface area contributed by atoms with Gasteiger partial charge in [0.1, 0.15) is 0 Å². The molecular weight excluding hydrogens is 118 g/mol. The fraction of sp³-hybridized carbons (Fsp3) is 1.00. The number of hydrogen-bond acceptors (Lipinski definition) is 2. The molecule has 8 heavy (non-hydrogen) atoms. The first-order valence-electron chi connectivity index (χ1n) is 3.15. The topological polar surface area (TPSA) is 3.24 Å². The van der Waals surface area contributed by atoms with Crippen LogP contribution in [0.5, 0.6) is 0 Å². The van der Waals surface area contributed by atoms with Gasteiger partial charge in [0.15, 0.2) is 0 Å². The van der Waals surface area contributed by atoms with Gasteiger partial charge in [-0.1, -0.05) is 6.42 Å². The normalized spacial score (nSPS) is 21.4. The van der Waals surface area contributed by atoms with E-state index >= 15 is 0 Å². The van der Waals surface area contributed by atoms with Crippen LogP contribution in [-0.2, 0) is 0 Å². The summed E-state index contributed by atoms with van der Waals surface area (Å²) < 4.78 is 0. The Morgan fingerprint density at radius 1 is 1.62 bits per heavy atom. The minimum absolute atomic E-state index is 0.854. The van der Waals surface area contributed by atoms with Crippen molar-refractivity contribution in [3.8, 4) is 0 Å².